The molecule has 0 aromatic carbocycles. The number of pyridine rings is 1. The van der Waals surface area contributed by atoms with E-state index in [1.807, 2.05) is 23.2 Å². The van der Waals surface area contributed by atoms with Crippen molar-refractivity contribution in [3.63, 3.8) is 0 Å². The second-order valence-electron chi connectivity index (χ2n) is 5.18. The summed E-state index contributed by atoms with van der Waals surface area (Å²) in [6.45, 7) is 0.765. The Morgan fingerprint density at radius 1 is 1.32 bits per heavy atom. The number of aromatic nitrogens is 3. The van der Waals surface area contributed by atoms with Crippen molar-refractivity contribution >= 4 is 17.9 Å². The minimum Gasteiger partial charge on any atom is -0.368 e. The fourth-order valence-electron chi connectivity index (χ4n) is 2.65. The van der Waals surface area contributed by atoms with Crippen LogP contribution in [0.1, 0.15) is 30.0 Å². The van der Waals surface area contributed by atoms with Crippen LogP contribution in [0.3, 0.4) is 0 Å². The highest BCUT2D eigenvalue weighted by atomic mass is 16.2. The molecule has 1 amide bonds. The summed E-state index contributed by atoms with van der Waals surface area (Å²) in [7, 11) is 0. The predicted octanol–water partition coefficient (Wildman–Crippen LogP) is 1.83. The number of amides is 1. The lowest BCUT2D eigenvalue weighted by Crippen LogP contribution is -2.28. The molecule has 2 aromatic rings. The van der Waals surface area contributed by atoms with Crippen molar-refractivity contribution in [3.05, 3.63) is 54.1 Å². The van der Waals surface area contributed by atoms with Gasteiger partial charge in [-0.1, -0.05) is 6.07 Å². The van der Waals surface area contributed by atoms with Crippen molar-refractivity contribution in [1.29, 1.82) is 0 Å². The van der Waals surface area contributed by atoms with Gasteiger partial charge in [0.1, 0.15) is 0 Å². The highest BCUT2D eigenvalue weighted by molar-refractivity contribution is 5.92. The van der Waals surface area contributed by atoms with E-state index in [-0.39, 0.29) is 17.9 Å². The van der Waals surface area contributed by atoms with Gasteiger partial charge in [-0.3, -0.25) is 9.78 Å². The summed E-state index contributed by atoms with van der Waals surface area (Å²) in [6.07, 6.45) is 12.0. The largest absolute Gasteiger partial charge is 0.368 e. The molecule has 6 nitrogen and oxygen atoms in total. The molecule has 112 valence electrons. The van der Waals surface area contributed by atoms with Crippen molar-refractivity contribution < 1.29 is 4.79 Å². The van der Waals surface area contributed by atoms with Crippen LogP contribution in [-0.2, 0) is 4.79 Å². The van der Waals surface area contributed by atoms with Gasteiger partial charge in [-0.15, -0.1) is 0 Å². The molecule has 1 aliphatic rings. The number of nitrogens with two attached hydrogens (primary N) is 1. The zero-order valence-electron chi connectivity index (χ0n) is 12.1. The number of carbonyl (C=O) groups excluding carboxylic acids is 1. The first-order chi connectivity index (χ1) is 10.7. The Kier molecular flexibility index (Phi) is 4.09. The molecule has 2 aromatic heterocycles. The average molecular weight is 295 g/mol. The van der Waals surface area contributed by atoms with Gasteiger partial charge in [0.2, 0.25) is 11.9 Å². The number of anilines is 1. The molecule has 0 saturated carbocycles. The number of nitrogens with zero attached hydrogens (tertiary/aromatic N) is 4. The van der Waals surface area contributed by atoms with Crippen LogP contribution in [0.2, 0.25) is 0 Å². The van der Waals surface area contributed by atoms with Crippen molar-refractivity contribution in [2.45, 2.75) is 18.9 Å². The van der Waals surface area contributed by atoms with Crippen LogP contribution >= 0.6 is 0 Å². The van der Waals surface area contributed by atoms with E-state index in [0.717, 1.165) is 30.5 Å². The monoisotopic (exact) mass is 295 g/mol. The number of nitrogen functional groups attached to an aromatic ring is 1. The minimum atomic E-state index is -0.0109. The molecule has 0 aliphatic carbocycles. The molecule has 2 N–H and O–H groups in total. The first-order valence-electron chi connectivity index (χ1n) is 7.20. The number of hydrogen-bond donors (Lipinski definition) is 1. The van der Waals surface area contributed by atoms with Gasteiger partial charge in [0, 0.05) is 43.0 Å². The molecular formula is C16H17N5O. The van der Waals surface area contributed by atoms with E-state index in [0.29, 0.717) is 0 Å². The van der Waals surface area contributed by atoms with Crippen molar-refractivity contribution in [1.82, 2.24) is 19.9 Å². The van der Waals surface area contributed by atoms with Gasteiger partial charge < -0.3 is 10.6 Å². The number of rotatable bonds is 3. The quantitative estimate of drug-likeness (QED) is 0.873. The predicted molar refractivity (Wildman–Crippen MR) is 83.4 cm³/mol. The summed E-state index contributed by atoms with van der Waals surface area (Å²) in [6, 6.07) is 4.02. The highest BCUT2D eigenvalue weighted by Gasteiger charge is 2.28. The maximum atomic E-state index is 12.4. The molecule has 3 rings (SSSR count). The highest BCUT2D eigenvalue weighted by Crippen LogP contribution is 2.31. The second kappa shape index (κ2) is 6.34. The third-order valence-corrected chi connectivity index (χ3v) is 3.72. The van der Waals surface area contributed by atoms with Gasteiger partial charge in [0.05, 0.1) is 6.04 Å². The van der Waals surface area contributed by atoms with Crippen LogP contribution in [-0.4, -0.2) is 32.3 Å². The van der Waals surface area contributed by atoms with Crippen LogP contribution < -0.4 is 5.73 Å². The summed E-state index contributed by atoms with van der Waals surface area (Å²) < 4.78 is 0. The maximum absolute atomic E-state index is 12.4. The standard InChI is InChI=1S/C16H17N5O/c17-16-19-9-12(10-20-16)5-6-15(22)21-8-2-4-14(21)13-3-1-7-18-11-13/h1,3,5-7,9-11,14H,2,4,8H2,(H2,17,19,20)/b6-5+. The first kappa shape index (κ1) is 14.2. The van der Waals surface area contributed by atoms with E-state index in [2.05, 4.69) is 15.0 Å². The lowest BCUT2D eigenvalue weighted by atomic mass is 10.1. The summed E-state index contributed by atoms with van der Waals surface area (Å²) in [5.74, 6) is 0.211. The van der Waals surface area contributed by atoms with E-state index in [1.54, 1.807) is 30.7 Å². The van der Waals surface area contributed by atoms with Gasteiger partial charge in [0.15, 0.2) is 0 Å². The summed E-state index contributed by atoms with van der Waals surface area (Å²) in [5.41, 5.74) is 7.27. The molecule has 0 bridgehead atoms. The molecule has 1 unspecified atom stereocenters. The average Bonchev–Trinajstić information content (AvgIpc) is 3.04. The maximum Gasteiger partial charge on any atom is 0.247 e. The Balaban J connectivity index is 1.72. The molecule has 3 heterocycles. The van der Waals surface area contributed by atoms with Crippen LogP contribution in [0.5, 0.6) is 0 Å². The Morgan fingerprint density at radius 2 is 2.14 bits per heavy atom. The van der Waals surface area contributed by atoms with Crippen molar-refractivity contribution in [2.75, 3.05) is 12.3 Å². The zero-order valence-corrected chi connectivity index (χ0v) is 12.1. The van der Waals surface area contributed by atoms with Crippen LogP contribution in [0.4, 0.5) is 5.95 Å². The molecule has 1 fully saturated rings. The first-order valence-corrected chi connectivity index (χ1v) is 7.20. The Labute approximate surface area is 128 Å². The van der Waals surface area contributed by atoms with Gasteiger partial charge in [-0.05, 0) is 30.5 Å². The van der Waals surface area contributed by atoms with Gasteiger partial charge in [-0.2, -0.15) is 0 Å². The van der Waals surface area contributed by atoms with E-state index in [1.165, 1.54) is 0 Å². The number of likely N-dealkylation sites (tertiary alicyclic amines) is 1. The Hall–Kier alpha value is -2.76. The third-order valence-electron chi connectivity index (χ3n) is 3.72. The van der Waals surface area contributed by atoms with Crippen LogP contribution in [0, 0.1) is 0 Å². The van der Waals surface area contributed by atoms with Gasteiger partial charge in [0.25, 0.3) is 0 Å². The summed E-state index contributed by atoms with van der Waals surface area (Å²) in [4.78, 5) is 26.2. The van der Waals surface area contributed by atoms with Gasteiger partial charge in [-0.25, -0.2) is 9.97 Å². The molecule has 0 spiro atoms. The SMILES string of the molecule is Nc1ncc(/C=C/C(=O)N2CCCC2c2cccnc2)cn1. The van der Waals surface area contributed by atoms with Crippen molar-refractivity contribution in [3.8, 4) is 0 Å². The summed E-state index contributed by atoms with van der Waals surface area (Å²) >= 11 is 0. The molecule has 0 radical (unpaired) electrons. The van der Waals surface area contributed by atoms with Crippen LogP contribution in [0.15, 0.2) is 43.0 Å². The number of carbonyl (C=O) groups is 1. The lowest BCUT2D eigenvalue weighted by Gasteiger charge is -2.23. The number of hydrogen-bond acceptors (Lipinski definition) is 5. The molecule has 22 heavy (non-hydrogen) atoms. The zero-order chi connectivity index (χ0) is 15.4. The van der Waals surface area contributed by atoms with E-state index < -0.39 is 0 Å². The van der Waals surface area contributed by atoms with Crippen molar-refractivity contribution in [2.24, 2.45) is 0 Å². The third kappa shape index (κ3) is 3.11. The lowest BCUT2D eigenvalue weighted by molar-refractivity contribution is -0.126. The van der Waals surface area contributed by atoms with Crippen LogP contribution in [0.25, 0.3) is 6.08 Å². The molecule has 1 aliphatic heterocycles. The topological polar surface area (TPSA) is 85.0 Å². The van der Waals surface area contributed by atoms with E-state index in [4.69, 9.17) is 5.73 Å². The second-order valence-corrected chi connectivity index (χ2v) is 5.18. The molecule has 1 saturated heterocycles. The fraction of sp³-hybridized carbons (Fsp3) is 0.250. The molecule has 6 heteroatoms. The normalized spacial score (nSPS) is 18.0. The Bertz CT molecular complexity index is 669. The molecule has 1 atom stereocenters. The minimum absolute atomic E-state index is 0.0109. The van der Waals surface area contributed by atoms with E-state index in [9.17, 15) is 4.79 Å². The Morgan fingerprint density at radius 3 is 2.86 bits per heavy atom. The molecular weight excluding hydrogens is 278 g/mol. The smallest absolute Gasteiger partial charge is 0.247 e. The fourth-order valence-corrected chi connectivity index (χ4v) is 2.65. The van der Waals surface area contributed by atoms with Gasteiger partial charge >= 0.3 is 0 Å². The summed E-state index contributed by atoms with van der Waals surface area (Å²) in [5, 5.41) is 0. The van der Waals surface area contributed by atoms with E-state index >= 15 is 0 Å².